The summed E-state index contributed by atoms with van der Waals surface area (Å²) in [6, 6.07) is 24.3. The van der Waals surface area contributed by atoms with Crippen LogP contribution in [0.2, 0.25) is 5.02 Å². The van der Waals surface area contributed by atoms with Crippen molar-refractivity contribution in [1.82, 2.24) is 15.1 Å². The monoisotopic (exact) mass is 501 g/mol. The Labute approximate surface area is 215 Å². The Morgan fingerprint density at radius 2 is 1.58 bits per heavy atom. The van der Waals surface area contributed by atoms with Crippen LogP contribution in [0.1, 0.15) is 50.9 Å². The van der Waals surface area contributed by atoms with Gasteiger partial charge in [0, 0.05) is 22.7 Å². The Morgan fingerprint density at radius 1 is 0.944 bits per heavy atom. The van der Waals surface area contributed by atoms with E-state index < -0.39 is 0 Å². The maximum atomic E-state index is 13.2. The number of benzene rings is 3. The van der Waals surface area contributed by atoms with Gasteiger partial charge in [0.15, 0.2) is 0 Å². The van der Waals surface area contributed by atoms with Crippen LogP contribution >= 0.6 is 11.6 Å². The smallest absolute Gasteiger partial charge is 0.305 e. The van der Waals surface area contributed by atoms with Crippen LogP contribution in [-0.4, -0.2) is 28.8 Å². The first kappa shape index (κ1) is 25.2. The lowest BCUT2D eigenvalue weighted by molar-refractivity contribution is -0.140. The Balaban J connectivity index is 1.54. The van der Waals surface area contributed by atoms with E-state index in [0.29, 0.717) is 23.4 Å². The molecule has 0 fully saturated rings. The minimum Gasteiger partial charge on any atom is -0.469 e. The van der Waals surface area contributed by atoms with Gasteiger partial charge < -0.3 is 10.1 Å². The quantitative estimate of drug-likeness (QED) is 0.311. The fourth-order valence-corrected chi connectivity index (χ4v) is 4.37. The van der Waals surface area contributed by atoms with Crippen molar-refractivity contribution in [2.75, 3.05) is 7.11 Å². The van der Waals surface area contributed by atoms with Crippen molar-refractivity contribution >= 4 is 23.5 Å². The Morgan fingerprint density at radius 3 is 2.22 bits per heavy atom. The van der Waals surface area contributed by atoms with Crippen molar-refractivity contribution in [2.24, 2.45) is 0 Å². The number of nitrogens with one attached hydrogen (secondary N) is 1. The van der Waals surface area contributed by atoms with Crippen molar-refractivity contribution in [2.45, 2.75) is 32.7 Å². The molecule has 6 nitrogen and oxygen atoms in total. The van der Waals surface area contributed by atoms with E-state index in [4.69, 9.17) is 16.3 Å². The third-order valence-electron chi connectivity index (χ3n) is 6.23. The standard InChI is InChI=1S/C29H28ClN3O3/c1-19-26(17-18-27(34)36-3)20(2)33(32-19)25-15-11-23(12-16-25)29(35)31-28(21-7-5-4-6-8-21)22-9-13-24(30)14-10-22/h4-16,28H,17-18H2,1-3H3,(H,31,35). The topological polar surface area (TPSA) is 73.2 Å². The second-order valence-electron chi connectivity index (χ2n) is 8.55. The van der Waals surface area contributed by atoms with E-state index in [1.807, 2.05) is 85.3 Å². The van der Waals surface area contributed by atoms with Crippen LogP contribution < -0.4 is 5.32 Å². The average molecular weight is 502 g/mol. The zero-order chi connectivity index (χ0) is 25.7. The molecule has 4 aromatic rings. The summed E-state index contributed by atoms with van der Waals surface area (Å²) in [6.45, 7) is 3.90. The number of carbonyl (C=O) groups excluding carboxylic acids is 2. The number of halogens is 1. The van der Waals surface area contributed by atoms with E-state index in [2.05, 4.69) is 10.4 Å². The number of methoxy groups -OCH3 is 1. The number of rotatable bonds is 8. The number of aromatic nitrogens is 2. The van der Waals surface area contributed by atoms with Gasteiger partial charge >= 0.3 is 5.97 Å². The second kappa shape index (κ2) is 11.2. The van der Waals surface area contributed by atoms with Crippen molar-refractivity contribution in [3.8, 4) is 5.69 Å². The van der Waals surface area contributed by atoms with Crippen LogP contribution in [0.15, 0.2) is 78.9 Å². The van der Waals surface area contributed by atoms with Crippen molar-refractivity contribution < 1.29 is 14.3 Å². The molecule has 1 heterocycles. The number of amides is 1. The Hall–Kier alpha value is -3.90. The fraction of sp³-hybridized carbons (Fsp3) is 0.207. The van der Waals surface area contributed by atoms with Gasteiger partial charge in [0.05, 0.1) is 24.5 Å². The lowest BCUT2D eigenvalue weighted by Crippen LogP contribution is -2.29. The van der Waals surface area contributed by atoms with Gasteiger partial charge in [-0.15, -0.1) is 0 Å². The summed E-state index contributed by atoms with van der Waals surface area (Å²) in [7, 11) is 1.39. The molecule has 36 heavy (non-hydrogen) atoms. The summed E-state index contributed by atoms with van der Waals surface area (Å²) in [5.41, 5.74) is 6.16. The molecule has 0 saturated carbocycles. The van der Waals surface area contributed by atoms with Crippen LogP contribution in [-0.2, 0) is 16.0 Å². The molecule has 0 aliphatic carbocycles. The van der Waals surface area contributed by atoms with E-state index in [0.717, 1.165) is 33.8 Å². The highest BCUT2D eigenvalue weighted by molar-refractivity contribution is 6.30. The molecule has 1 N–H and O–H groups in total. The summed E-state index contributed by atoms with van der Waals surface area (Å²) in [5.74, 6) is -0.429. The number of hydrogen-bond acceptors (Lipinski definition) is 4. The Bertz CT molecular complexity index is 1350. The minimum atomic E-state index is -0.316. The highest BCUT2D eigenvalue weighted by Crippen LogP contribution is 2.25. The number of hydrogen-bond donors (Lipinski definition) is 1. The molecular formula is C29H28ClN3O3. The molecule has 0 spiro atoms. The first-order chi connectivity index (χ1) is 17.4. The Kier molecular flexibility index (Phi) is 7.86. The lowest BCUT2D eigenvalue weighted by atomic mass is 9.98. The van der Waals surface area contributed by atoms with Crippen molar-refractivity contribution in [1.29, 1.82) is 0 Å². The third-order valence-corrected chi connectivity index (χ3v) is 6.49. The van der Waals surface area contributed by atoms with Gasteiger partial charge in [-0.25, -0.2) is 4.68 Å². The predicted octanol–water partition coefficient (Wildman–Crippen LogP) is 5.77. The predicted molar refractivity (Wildman–Crippen MR) is 141 cm³/mol. The van der Waals surface area contributed by atoms with E-state index in [-0.39, 0.29) is 17.9 Å². The third kappa shape index (κ3) is 5.66. The molecular weight excluding hydrogens is 474 g/mol. The molecule has 0 radical (unpaired) electrons. The van der Waals surface area contributed by atoms with Gasteiger partial charge in [-0.2, -0.15) is 5.10 Å². The molecule has 184 valence electrons. The fourth-order valence-electron chi connectivity index (χ4n) is 4.25. The SMILES string of the molecule is COC(=O)CCc1c(C)nn(-c2ccc(C(=O)NC(c3ccccc3)c3ccc(Cl)cc3)cc2)c1C. The van der Waals surface area contributed by atoms with E-state index in [1.54, 1.807) is 12.1 Å². The van der Waals surface area contributed by atoms with Crippen molar-refractivity contribution in [3.63, 3.8) is 0 Å². The number of ether oxygens (including phenoxy) is 1. The molecule has 0 aliphatic heterocycles. The summed E-state index contributed by atoms with van der Waals surface area (Å²) in [5, 5.41) is 8.44. The number of nitrogens with zero attached hydrogens (tertiary/aromatic N) is 2. The maximum absolute atomic E-state index is 13.2. The first-order valence-corrected chi connectivity index (χ1v) is 12.1. The van der Waals surface area contributed by atoms with E-state index in [9.17, 15) is 9.59 Å². The number of aryl methyl sites for hydroxylation is 1. The van der Waals surface area contributed by atoms with Gasteiger partial charge in [0.25, 0.3) is 5.91 Å². The summed E-state index contributed by atoms with van der Waals surface area (Å²) in [4.78, 5) is 24.8. The highest BCUT2D eigenvalue weighted by Gasteiger charge is 2.19. The molecule has 0 saturated heterocycles. The zero-order valence-corrected chi connectivity index (χ0v) is 21.3. The normalized spacial score (nSPS) is 11.7. The molecule has 7 heteroatoms. The number of esters is 1. The first-order valence-electron chi connectivity index (χ1n) is 11.7. The summed E-state index contributed by atoms with van der Waals surface area (Å²) < 4.78 is 6.60. The molecule has 1 atom stereocenters. The van der Waals surface area contributed by atoms with E-state index >= 15 is 0 Å². The van der Waals surface area contributed by atoms with Gasteiger partial charge in [0.1, 0.15) is 0 Å². The van der Waals surface area contributed by atoms with Gasteiger partial charge in [-0.1, -0.05) is 54.1 Å². The molecule has 3 aromatic carbocycles. The second-order valence-corrected chi connectivity index (χ2v) is 8.99. The van der Waals surface area contributed by atoms with Gasteiger partial charge in [-0.3, -0.25) is 9.59 Å². The summed E-state index contributed by atoms with van der Waals surface area (Å²) >= 11 is 6.07. The highest BCUT2D eigenvalue weighted by atomic mass is 35.5. The maximum Gasteiger partial charge on any atom is 0.305 e. The molecule has 1 unspecified atom stereocenters. The van der Waals surface area contributed by atoms with Crippen LogP contribution in [0, 0.1) is 13.8 Å². The largest absolute Gasteiger partial charge is 0.469 e. The van der Waals surface area contributed by atoms with Crippen LogP contribution in [0.5, 0.6) is 0 Å². The minimum absolute atomic E-state index is 0.183. The molecule has 1 aromatic heterocycles. The number of carbonyl (C=O) groups is 2. The molecule has 0 bridgehead atoms. The van der Waals surface area contributed by atoms with Crippen LogP contribution in [0.4, 0.5) is 0 Å². The van der Waals surface area contributed by atoms with Crippen molar-refractivity contribution in [3.05, 3.63) is 118 Å². The molecule has 0 aliphatic rings. The van der Waals surface area contributed by atoms with Crippen LogP contribution in [0.3, 0.4) is 0 Å². The van der Waals surface area contributed by atoms with Crippen LogP contribution in [0.25, 0.3) is 5.69 Å². The molecule has 4 rings (SSSR count). The van der Waals surface area contributed by atoms with Gasteiger partial charge in [-0.05, 0) is 73.4 Å². The molecule has 1 amide bonds. The average Bonchev–Trinajstić information content (AvgIpc) is 3.19. The van der Waals surface area contributed by atoms with Gasteiger partial charge in [0.2, 0.25) is 0 Å². The van der Waals surface area contributed by atoms with E-state index in [1.165, 1.54) is 7.11 Å². The lowest BCUT2D eigenvalue weighted by Gasteiger charge is -2.20. The summed E-state index contributed by atoms with van der Waals surface area (Å²) in [6.07, 6.45) is 0.871. The zero-order valence-electron chi connectivity index (χ0n) is 20.5.